The quantitative estimate of drug-likeness (QED) is 0.381. The molecular weight excluding hydrogens is 516 g/mol. The number of benzene rings is 2. The van der Waals surface area contributed by atoms with Crippen LogP contribution >= 0.6 is 0 Å². The van der Waals surface area contributed by atoms with Crippen LogP contribution in [0.2, 0.25) is 0 Å². The van der Waals surface area contributed by atoms with E-state index in [0.29, 0.717) is 38.8 Å². The molecule has 2 saturated heterocycles. The average Bonchev–Trinajstić information content (AvgIpc) is 3.83. The van der Waals surface area contributed by atoms with Gasteiger partial charge in [0.1, 0.15) is 0 Å². The van der Waals surface area contributed by atoms with E-state index in [1.54, 1.807) is 34.6 Å². The molecule has 3 aliphatic rings. The zero-order valence-electron chi connectivity index (χ0n) is 22.5. The van der Waals surface area contributed by atoms with Crippen molar-refractivity contribution in [2.24, 2.45) is 5.92 Å². The number of carbonyl (C=O) groups excluding carboxylic acids is 2. The zero-order valence-corrected chi connectivity index (χ0v) is 23.3. The smallest absolute Gasteiger partial charge is 0.265 e. The number of piperidine rings is 2. The van der Waals surface area contributed by atoms with Gasteiger partial charge in [-0.05, 0) is 68.4 Å². The average molecular weight is 555 g/mol. The molecule has 2 aromatic carbocycles. The Morgan fingerprint density at radius 1 is 0.949 bits per heavy atom. The molecule has 3 fully saturated rings. The lowest BCUT2D eigenvalue weighted by atomic mass is 9.94. The molecule has 2 aromatic rings. The Balaban J connectivity index is 1.22. The van der Waals surface area contributed by atoms with Crippen LogP contribution in [-0.4, -0.2) is 79.3 Å². The number of rotatable bonds is 8. The summed E-state index contributed by atoms with van der Waals surface area (Å²) < 4.78 is 25.8. The molecule has 0 aromatic heterocycles. The van der Waals surface area contributed by atoms with Gasteiger partial charge < -0.3 is 14.7 Å². The van der Waals surface area contributed by atoms with Crippen LogP contribution in [0.25, 0.3) is 0 Å². The van der Waals surface area contributed by atoms with E-state index in [1.165, 1.54) is 0 Å². The number of anilines is 1. The van der Waals surface area contributed by atoms with Crippen molar-refractivity contribution in [3.05, 3.63) is 60.2 Å². The van der Waals surface area contributed by atoms with E-state index < -0.39 is 20.5 Å². The minimum Gasteiger partial charge on any atom is -0.371 e. The predicted molar refractivity (Wildman–Crippen MR) is 148 cm³/mol. The fourth-order valence-corrected chi connectivity index (χ4v) is 8.06. The van der Waals surface area contributed by atoms with Gasteiger partial charge in [0.25, 0.3) is 5.91 Å². The first-order chi connectivity index (χ1) is 18.7. The first kappa shape index (κ1) is 27.6. The third-order valence-corrected chi connectivity index (χ3v) is 11.2. The summed E-state index contributed by atoms with van der Waals surface area (Å²) in [6.07, 6.45) is 4.00. The van der Waals surface area contributed by atoms with Crippen molar-refractivity contribution in [1.82, 2.24) is 15.3 Å². The molecule has 0 bridgehead atoms. The van der Waals surface area contributed by atoms with Gasteiger partial charge in [-0.3, -0.25) is 14.8 Å². The third kappa shape index (κ3) is 5.55. The second-order valence-electron chi connectivity index (χ2n) is 11.1. The van der Waals surface area contributed by atoms with Crippen LogP contribution in [0.1, 0.15) is 44.1 Å². The molecule has 2 amide bonds. The number of hydrogen-bond acceptors (Lipinski definition) is 7. The van der Waals surface area contributed by atoms with Gasteiger partial charge in [0.05, 0.1) is 4.90 Å². The van der Waals surface area contributed by atoms with E-state index in [2.05, 4.69) is 9.80 Å². The molecule has 0 unspecified atom stereocenters. The van der Waals surface area contributed by atoms with Crippen molar-refractivity contribution in [1.29, 1.82) is 0 Å². The Kier molecular flexibility index (Phi) is 7.98. The van der Waals surface area contributed by atoms with E-state index in [-0.39, 0.29) is 29.6 Å². The van der Waals surface area contributed by atoms with Crippen molar-refractivity contribution in [2.45, 2.75) is 60.8 Å². The highest BCUT2D eigenvalue weighted by Crippen LogP contribution is 2.39. The van der Waals surface area contributed by atoms with Gasteiger partial charge in [-0.25, -0.2) is 13.9 Å². The van der Waals surface area contributed by atoms with E-state index in [4.69, 9.17) is 0 Å². The maximum atomic E-state index is 13.8. The molecule has 2 N–H and O–H groups in total. The summed E-state index contributed by atoms with van der Waals surface area (Å²) in [7, 11) is -2.19. The molecule has 39 heavy (non-hydrogen) atoms. The summed E-state index contributed by atoms with van der Waals surface area (Å²) in [4.78, 5) is 32.1. The second-order valence-corrected chi connectivity index (χ2v) is 13.4. The molecule has 1 saturated carbocycles. The summed E-state index contributed by atoms with van der Waals surface area (Å²) in [6, 6.07) is 17.1. The summed E-state index contributed by atoms with van der Waals surface area (Å²) in [5.74, 6) is -0.737. The Bertz CT molecular complexity index is 1260. The molecule has 10 heteroatoms. The van der Waals surface area contributed by atoms with E-state index in [1.807, 2.05) is 37.4 Å². The zero-order chi connectivity index (χ0) is 27.6. The third-order valence-electron chi connectivity index (χ3n) is 8.69. The first-order valence-corrected chi connectivity index (χ1v) is 15.3. The molecule has 210 valence electrons. The number of nitrogens with one attached hydrogen (secondary N) is 1. The van der Waals surface area contributed by atoms with Gasteiger partial charge in [-0.15, -0.1) is 0 Å². The van der Waals surface area contributed by atoms with Gasteiger partial charge in [-0.2, -0.15) is 0 Å². The van der Waals surface area contributed by atoms with Gasteiger partial charge in [0.2, 0.25) is 5.91 Å². The Morgan fingerprint density at radius 3 is 2.13 bits per heavy atom. The standard InChI is InChI=1S/C29H38N4O5S/c1-31(21-22-5-3-2-4-6-22)27(34)23-13-17-32(18-14-23)25-9-11-26(12-10-25)39(37,38)29(28(35)30-36)15-19-33(20-16-29)24-7-8-24/h2-6,9-12,23-24,36H,7-8,13-21H2,1H3,(H,30,35). The molecule has 0 radical (unpaired) electrons. The van der Waals surface area contributed by atoms with E-state index in [0.717, 1.165) is 36.9 Å². The fourth-order valence-electron chi connectivity index (χ4n) is 6.10. The number of hydroxylamine groups is 1. The minimum atomic E-state index is -4.03. The molecule has 2 heterocycles. The molecule has 5 rings (SSSR count). The molecular formula is C29H38N4O5S. The van der Waals surface area contributed by atoms with Crippen LogP contribution in [0, 0.1) is 5.92 Å². The van der Waals surface area contributed by atoms with Crippen LogP contribution in [0.4, 0.5) is 5.69 Å². The van der Waals surface area contributed by atoms with Crippen molar-refractivity contribution in [3.8, 4) is 0 Å². The number of amides is 2. The number of hydrogen-bond donors (Lipinski definition) is 2. The number of likely N-dealkylation sites (tertiary alicyclic amines) is 1. The number of carbonyl (C=O) groups is 2. The lowest BCUT2D eigenvalue weighted by Crippen LogP contribution is -2.58. The topological polar surface area (TPSA) is 110 Å². The SMILES string of the molecule is CN(Cc1ccccc1)C(=O)C1CCN(c2ccc(S(=O)(=O)C3(C(=O)NO)CCN(C4CC4)CC3)cc2)CC1. The monoisotopic (exact) mass is 554 g/mol. The van der Waals surface area contributed by atoms with Crippen molar-refractivity contribution < 1.29 is 23.2 Å². The van der Waals surface area contributed by atoms with E-state index in [9.17, 15) is 23.2 Å². The van der Waals surface area contributed by atoms with Gasteiger partial charge in [-0.1, -0.05) is 30.3 Å². The van der Waals surface area contributed by atoms with Gasteiger partial charge >= 0.3 is 0 Å². The van der Waals surface area contributed by atoms with Crippen molar-refractivity contribution in [2.75, 3.05) is 38.1 Å². The van der Waals surface area contributed by atoms with Crippen molar-refractivity contribution >= 4 is 27.3 Å². The largest absolute Gasteiger partial charge is 0.371 e. The molecule has 0 spiro atoms. The number of sulfone groups is 1. The molecule has 9 nitrogen and oxygen atoms in total. The van der Waals surface area contributed by atoms with E-state index >= 15 is 0 Å². The van der Waals surface area contributed by atoms with Crippen LogP contribution in [0.15, 0.2) is 59.5 Å². The normalized spacial score (nSPS) is 20.4. The molecule has 0 atom stereocenters. The van der Waals surface area contributed by atoms with Crippen LogP contribution in [0.5, 0.6) is 0 Å². The highest BCUT2D eigenvalue weighted by molar-refractivity contribution is 7.93. The lowest BCUT2D eigenvalue weighted by molar-refractivity contribution is -0.135. The maximum Gasteiger partial charge on any atom is 0.265 e. The summed E-state index contributed by atoms with van der Waals surface area (Å²) in [5.41, 5.74) is 3.63. The lowest BCUT2D eigenvalue weighted by Gasteiger charge is -2.39. The Labute approximate surface area is 230 Å². The summed E-state index contributed by atoms with van der Waals surface area (Å²) in [6.45, 7) is 3.03. The Hall–Kier alpha value is -2.95. The van der Waals surface area contributed by atoms with Crippen LogP contribution < -0.4 is 10.4 Å². The second kappa shape index (κ2) is 11.3. The van der Waals surface area contributed by atoms with Crippen LogP contribution in [-0.2, 0) is 26.0 Å². The Morgan fingerprint density at radius 2 is 1.56 bits per heavy atom. The summed E-state index contributed by atoms with van der Waals surface area (Å²) in [5, 5.41) is 9.42. The minimum absolute atomic E-state index is 0.0343. The molecule has 1 aliphatic carbocycles. The molecule has 2 aliphatic heterocycles. The van der Waals surface area contributed by atoms with Gasteiger partial charge in [0.15, 0.2) is 14.6 Å². The van der Waals surface area contributed by atoms with Crippen molar-refractivity contribution in [3.63, 3.8) is 0 Å². The summed E-state index contributed by atoms with van der Waals surface area (Å²) >= 11 is 0. The predicted octanol–water partition coefficient (Wildman–Crippen LogP) is 2.84. The highest BCUT2D eigenvalue weighted by atomic mass is 32.2. The maximum absolute atomic E-state index is 13.8. The first-order valence-electron chi connectivity index (χ1n) is 13.8. The van der Waals surface area contributed by atoms with Crippen LogP contribution in [0.3, 0.4) is 0 Å². The fraction of sp³-hybridized carbons (Fsp3) is 0.517. The van der Waals surface area contributed by atoms with Gasteiger partial charge in [0, 0.05) is 57.4 Å². The number of nitrogens with zero attached hydrogens (tertiary/aromatic N) is 3. The highest BCUT2D eigenvalue weighted by Gasteiger charge is 2.54.